The fourth-order valence-electron chi connectivity index (χ4n) is 2.29. The van der Waals surface area contributed by atoms with Crippen molar-refractivity contribution in [3.05, 3.63) is 22.7 Å². The van der Waals surface area contributed by atoms with Gasteiger partial charge in [-0.3, -0.25) is 4.79 Å². The average Bonchev–Trinajstić information content (AvgIpc) is 2.41. The van der Waals surface area contributed by atoms with E-state index in [0.29, 0.717) is 27.9 Å². The van der Waals surface area contributed by atoms with Gasteiger partial charge in [0.2, 0.25) is 0 Å². The van der Waals surface area contributed by atoms with Crippen LogP contribution in [-0.4, -0.2) is 31.0 Å². The molecule has 1 aliphatic rings. The third-order valence-electron chi connectivity index (χ3n) is 3.62. The Labute approximate surface area is 130 Å². The first-order valence-electron chi connectivity index (χ1n) is 6.45. The number of anilines is 1. The molecule has 2 rings (SSSR count). The number of likely N-dealkylation sites (tertiary alicyclic amines) is 1. The topological polar surface area (TPSA) is 55.6 Å². The molecule has 0 saturated carbocycles. The predicted molar refractivity (Wildman–Crippen MR) is 84.0 cm³/mol. The third kappa shape index (κ3) is 3.49. The molecule has 0 spiro atoms. The number of hydrogen-bond acceptors (Lipinski definition) is 3. The molecule has 0 aliphatic carbocycles. The minimum atomic E-state index is -0.0364. The number of nitrogens with two attached hydrogens (primary N) is 1. The van der Waals surface area contributed by atoms with E-state index in [2.05, 4.69) is 6.92 Å². The predicted octanol–water partition coefficient (Wildman–Crippen LogP) is 3.22. The number of ether oxygens (including phenoxy) is 1. The van der Waals surface area contributed by atoms with Gasteiger partial charge in [-0.05, 0) is 24.8 Å². The number of halogens is 2. The molecule has 2 N–H and O–H groups in total. The number of piperidine rings is 1. The van der Waals surface area contributed by atoms with E-state index in [1.165, 1.54) is 7.11 Å². The fourth-order valence-corrected chi connectivity index (χ4v) is 2.45. The van der Waals surface area contributed by atoms with Gasteiger partial charge in [0.25, 0.3) is 5.91 Å². The molecule has 0 bridgehead atoms. The van der Waals surface area contributed by atoms with E-state index in [9.17, 15) is 4.79 Å². The third-order valence-corrected chi connectivity index (χ3v) is 3.95. The lowest BCUT2D eigenvalue weighted by molar-refractivity contribution is 0.0694. The van der Waals surface area contributed by atoms with E-state index in [4.69, 9.17) is 22.1 Å². The van der Waals surface area contributed by atoms with Gasteiger partial charge in [0.1, 0.15) is 5.75 Å². The van der Waals surface area contributed by atoms with Crippen molar-refractivity contribution < 1.29 is 9.53 Å². The highest BCUT2D eigenvalue weighted by atomic mass is 35.5. The van der Waals surface area contributed by atoms with E-state index in [0.717, 1.165) is 25.9 Å². The largest absolute Gasteiger partial charge is 0.496 e. The molecule has 1 saturated heterocycles. The number of rotatable bonds is 2. The van der Waals surface area contributed by atoms with E-state index < -0.39 is 0 Å². The van der Waals surface area contributed by atoms with Crippen LogP contribution in [0.3, 0.4) is 0 Å². The molecular weight excluding hydrogens is 299 g/mol. The molecule has 0 aromatic heterocycles. The van der Waals surface area contributed by atoms with Crippen molar-refractivity contribution in [2.75, 3.05) is 25.9 Å². The molecule has 6 heteroatoms. The van der Waals surface area contributed by atoms with Gasteiger partial charge >= 0.3 is 0 Å². The van der Waals surface area contributed by atoms with Gasteiger partial charge < -0.3 is 15.4 Å². The van der Waals surface area contributed by atoms with Gasteiger partial charge in [-0.15, -0.1) is 12.4 Å². The summed E-state index contributed by atoms with van der Waals surface area (Å²) in [5.74, 6) is 1.12. The first-order valence-corrected chi connectivity index (χ1v) is 6.83. The second kappa shape index (κ2) is 7.04. The van der Waals surface area contributed by atoms with Crippen molar-refractivity contribution in [3.63, 3.8) is 0 Å². The molecule has 1 heterocycles. The summed E-state index contributed by atoms with van der Waals surface area (Å²) in [6.45, 7) is 3.78. The molecule has 112 valence electrons. The Hall–Kier alpha value is -1.13. The highest BCUT2D eigenvalue weighted by Crippen LogP contribution is 2.30. The van der Waals surface area contributed by atoms with E-state index in [1.54, 1.807) is 12.1 Å². The van der Waals surface area contributed by atoms with Gasteiger partial charge in [0.05, 0.1) is 23.4 Å². The number of benzene rings is 1. The number of nitrogen functional groups attached to an aromatic ring is 1. The zero-order valence-corrected chi connectivity index (χ0v) is 13.3. The molecule has 0 atom stereocenters. The fraction of sp³-hybridized carbons (Fsp3) is 0.500. The maximum Gasteiger partial charge on any atom is 0.257 e. The molecule has 1 aromatic rings. The summed E-state index contributed by atoms with van der Waals surface area (Å²) in [6, 6.07) is 3.19. The summed E-state index contributed by atoms with van der Waals surface area (Å²) in [5.41, 5.74) is 6.63. The van der Waals surface area contributed by atoms with Crippen molar-refractivity contribution in [2.24, 2.45) is 5.92 Å². The molecule has 0 radical (unpaired) electrons. The zero-order valence-electron chi connectivity index (χ0n) is 11.7. The lowest BCUT2D eigenvalue weighted by Gasteiger charge is -2.30. The summed E-state index contributed by atoms with van der Waals surface area (Å²) in [4.78, 5) is 14.3. The standard InChI is InChI=1S/C14H19ClN2O2.ClH/c1-9-3-5-17(6-4-9)14(18)10-7-11(15)12(16)8-13(10)19-2;/h7-9H,3-6,16H2,1-2H3;1H. The smallest absolute Gasteiger partial charge is 0.257 e. The normalized spacial score (nSPS) is 15.7. The number of carbonyl (C=O) groups is 1. The van der Waals surface area contributed by atoms with Crippen LogP contribution in [-0.2, 0) is 0 Å². The van der Waals surface area contributed by atoms with Gasteiger partial charge in [0, 0.05) is 19.2 Å². The zero-order chi connectivity index (χ0) is 14.0. The van der Waals surface area contributed by atoms with E-state index in [-0.39, 0.29) is 18.3 Å². The average molecular weight is 319 g/mol. The molecule has 1 aliphatic heterocycles. The maximum atomic E-state index is 12.5. The van der Waals surface area contributed by atoms with Crippen molar-refractivity contribution >= 4 is 35.6 Å². The second-order valence-corrected chi connectivity index (χ2v) is 5.46. The number of methoxy groups -OCH3 is 1. The lowest BCUT2D eigenvalue weighted by Crippen LogP contribution is -2.38. The van der Waals surface area contributed by atoms with Crippen LogP contribution in [0.15, 0.2) is 12.1 Å². The first-order chi connectivity index (χ1) is 9.02. The van der Waals surface area contributed by atoms with Gasteiger partial charge in [0.15, 0.2) is 0 Å². The SMILES string of the molecule is COc1cc(N)c(Cl)cc1C(=O)N1CCC(C)CC1.Cl. The Morgan fingerprint density at radius 1 is 1.40 bits per heavy atom. The van der Waals surface area contributed by atoms with E-state index >= 15 is 0 Å². The molecule has 1 aromatic carbocycles. The van der Waals surface area contributed by atoms with Crippen molar-refractivity contribution in [3.8, 4) is 5.75 Å². The minimum Gasteiger partial charge on any atom is -0.496 e. The van der Waals surface area contributed by atoms with Crippen molar-refractivity contribution in [2.45, 2.75) is 19.8 Å². The highest BCUT2D eigenvalue weighted by molar-refractivity contribution is 6.33. The van der Waals surface area contributed by atoms with Crippen LogP contribution in [0.25, 0.3) is 0 Å². The molecule has 1 amide bonds. The van der Waals surface area contributed by atoms with Crippen LogP contribution < -0.4 is 10.5 Å². The first kappa shape index (κ1) is 16.9. The van der Waals surface area contributed by atoms with Gasteiger partial charge in [-0.25, -0.2) is 0 Å². The lowest BCUT2D eigenvalue weighted by atomic mass is 9.98. The van der Waals surface area contributed by atoms with E-state index in [1.807, 2.05) is 4.90 Å². The summed E-state index contributed by atoms with van der Waals surface area (Å²) in [5, 5.41) is 0.384. The summed E-state index contributed by atoms with van der Waals surface area (Å²) in [6.07, 6.45) is 2.08. The Morgan fingerprint density at radius 2 is 2.00 bits per heavy atom. The molecular formula is C14H20Cl2N2O2. The Bertz CT molecular complexity index is 486. The van der Waals surface area contributed by atoms with Gasteiger partial charge in [-0.2, -0.15) is 0 Å². The van der Waals surface area contributed by atoms with Crippen molar-refractivity contribution in [1.82, 2.24) is 4.90 Å². The number of carbonyl (C=O) groups excluding carboxylic acids is 1. The Morgan fingerprint density at radius 3 is 2.55 bits per heavy atom. The maximum absolute atomic E-state index is 12.5. The summed E-state index contributed by atoms with van der Waals surface area (Å²) in [7, 11) is 1.53. The Kier molecular flexibility index (Phi) is 5.96. The molecule has 4 nitrogen and oxygen atoms in total. The highest BCUT2D eigenvalue weighted by Gasteiger charge is 2.24. The quantitative estimate of drug-likeness (QED) is 0.852. The second-order valence-electron chi connectivity index (χ2n) is 5.05. The monoisotopic (exact) mass is 318 g/mol. The van der Waals surface area contributed by atoms with Crippen LogP contribution in [0.5, 0.6) is 5.75 Å². The van der Waals surface area contributed by atoms with Crippen LogP contribution in [0.2, 0.25) is 5.02 Å². The van der Waals surface area contributed by atoms with Crippen LogP contribution in [0.1, 0.15) is 30.1 Å². The summed E-state index contributed by atoms with van der Waals surface area (Å²) < 4.78 is 5.23. The van der Waals surface area contributed by atoms with Crippen LogP contribution in [0, 0.1) is 5.92 Å². The number of amides is 1. The molecule has 1 fully saturated rings. The van der Waals surface area contributed by atoms with Crippen LogP contribution in [0.4, 0.5) is 5.69 Å². The summed E-state index contributed by atoms with van der Waals surface area (Å²) >= 11 is 6.00. The van der Waals surface area contributed by atoms with Crippen molar-refractivity contribution in [1.29, 1.82) is 0 Å². The number of hydrogen-bond donors (Lipinski definition) is 1. The minimum absolute atomic E-state index is 0. The Balaban J connectivity index is 0.00000200. The van der Waals surface area contributed by atoms with Gasteiger partial charge in [-0.1, -0.05) is 18.5 Å². The molecule has 20 heavy (non-hydrogen) atoms. The van der Waals surface area contributed by atoms with Crippen LogP contribution >= 0.6 is 24.0 Å². The number of nitrogens with zero attached hydrogens (tertiary/aromatic N) is 1. The molecule has 0 unspecified atom stereocenters.